The highest BCUT2D eigenvalue weighted by molar-refractivity contribution is 5.78. The Morgan fingerprint density at radius 1 is 1.08 bits per heavy atom. The molecule has 1 amide bonds. The number of carbonyl (C=O) groups excluding carboxylic acids is 1. The third-order valence-electron chi connectivity index (χ3n) is 3.46. The van der Waals surface area contributed by atoms with Gasteiger partial charge in [0.1, 0.15) is 17.4 Å². The van der Waals surface area contributed by atoms with Gasteiger partial charge in [-0.15, -0.1) is 0 Å². The number of carbonyl (C=O) groups is 1. The normalized spacial score (nSPS) is 12.3. The van der Waals surface area contributed by atoms with E-state index in [1.165, 1.54) is 0 Å². The van der Waals surface area contributed by atoms with Crippen molar-refractivity contribution in [3.05, 3.63) is 72.0 Å². The minimum atomic E-state index is -2.71. The summed E-state index contributed by atoms with van der Waals surface area (Å²) < 4.78 is 34.7. The Bertz CT molecular complexity index is 784. The van der Waals surface area contributed by atoms with Gasteiger partial charge in [0, 0.05) is 5.39 Å². The molecule has 0 radical (unpaired) electrons. The number of furan rings is 1. The minimum absolute atomic E-state index is 0.497. The molecule has 1 aromatic heterocycles. The van der Waals surface area contributed by atoms with Crippen LogP contribution in [0, 0.1) is 0 Å². The van der Waals surface area contributed by atoms with Crippen molar-refractivity contribution < 1.29 is 22.7 Å². The van der Waals surface area contributed by atoms with Gasteiger partial charge >= 0.3 is 6.09 Å². The second kappa shape index (κ2) is 7.12. The number of nitrogens with one attached hydrogen (secondary N) is 1. The first-order chi connectivity index (χ1) is 11.6. The summed E-state index contributed by atoms with van der Waals surface area (Å²) in [6.07, 6.45) is -3.64. The van der Waals surface area contributed by atoms with E-state index < -0.39 is 25.2 Å². The smallest absolute Gasteiger partial charge is 0.408 e. The van der Waals surface area contributed by atoms with Crippen molar-refractivity contribution in [2.24, 2.45) is 0 Å². The molecular formula is C18H15F2NO3. The van der Waals surface area contributed by atoms with Gasteiger partial charge < -0.3 is 14.5 Å². The van der Waals surface area contributed by atoms with E-state index in [1.807, 2.05) is 54.6 Å². The van der Waals surface area contributed by atoms with E-state index in [-0.39, 0.29) is 0 Å². The number of halogens is 2. The zero-order valence-electron chi connectivity index (χ0n) is 12.6. The highest BCUT2D eigenvalue weighted by Crippen LogP contribution is 2.28. The molecule has 2 aromatic carbocycles. The maximum absolute atomic E-state index is 12.2. The van der Waals surface area contributed by atoms with Crippen LogP contribution in [0.5, 0.6) is 0 Å². The third-order valence-corrected chi connectivity index (χ3v) is 3.46. The second-order valence-electron chi connectivity index (χ2n) is 5.16. The van der Waals surface area contributed by atoms with Crippen molar-refractivity contribution in [1.29, 1.82) is 0 Å². The molecular weight excluding hydrogens is 316 g/mol. The SMILES string of the molecule is O=C(NC(c1ccccc1)c1cc2ccccc2o1)OCC(F)F. The summed E-state index contributed by atoms with van der Waals surface area (Å²) in [7, 11) is 0. The van der Waals surface area contributed by atoms with Gasteiger partial charge in [-0.05, 0) is 17.7 Å². The quantitative estimate of drug-likeness (QED) is 0.748. The van der Waals surface area contributed by atoms with Crippen LogP contribution in [0.2, 0.25) is 0 Å². The molecule has 1 heterocycles. The second-order valence-corrected chi connectivity index (χ2v) is 5.16. The molecule has 3 aromatic rings. The Kier molecular flexibility index (Phi) is 4.74. The zero-order chi connectivity index (χ0) is 16.9. The Balaban J connectivity index is 1.89. The zero-order valence-corrected chi connectivity index (χ0v) is 12.6. The first kappa shape index (κ1) is 16.0. The lowest BCUT2D eigenvalue weighted by molar-refractivity contribution is 0.0478. The summed E-state index contributed by atoms with van der Waals surface area (Å²) in [5, 5.41) is 3.46. The number of hydrogen-bond donors (Lipinski definition) is 1. The number of benzene rings is 2. The van der Waals surface area contributed by atoms with E-state index in [2.05, 4.69) is 10.1 Å². The third kappa shape index (κ3) is 3.71. The fourth-order valence-corrected chi connectivity index (χ4v) is 2.41. The van der Waals surface area contributed by atoms with E-state index in [1.54, 1.807) is 6.07 Å². The van der Waals surface area contributed by atoms with Crippen molar-refractivity contribution in [3.63, 3.8) is 0 Å². The largest absolute Gasteiger partial charge is 0.459 e. The summed E-state index contributed by atoms with van der Waals surface area (Å²) in [4.78, 5) is 11.8. The lowest BCUT2D eigenvalue weighted by atomic mass is 10.0. The van der Waals surface area contributed by atoms with Crippen LogP contribution in [0.4, 0.5) is 13.6 Å². The molecule has 0 saturated heterocycles. The van der Waals surface area contributed by atoms with E-state index in [0.29, 0.717) is 11.3 Å². The molecule has 1 N–H and O–H groups in total. The molecule has 0 fully saturated rings. The number of ether oxygens (including phenoxy) is 1. The van der Waals surface area contributed by atoms with E-state index >= 15 is 0 Å². The fraction of sp³-hybridized carbons (Fsp3) is 0.167. The number of amides is 1. The van der Waals surface area contributed by atoms with Crippen molar-refractivity contribution >= 4 is 17.1 Å². The standard InChI is InChI=1S/C18H15F2NO3/c19-16(20)11-23-18(22)21-17(12-6-2-1-3-7-12)15-10-13-8-4-5-9-14(13)24-15/h1-10,16-17H,11H2,(H,21,22). The van der Waals surface area contributed by atoms with Gasteiger partial charge in [0.15, 0.2) is 6.61 Å². The summed E-state index contributed by atoms with van der Waals surface area (Å²) in [5.41, 5.74) is 1.43. The van der Waals surface area contributed by atoms with Gasteiger partial charge in [0.05, 0.1) is 0 Å². The number of rotatable bonds is 5. The maximum atomic E-state index is 12.2. The molecule has 3 rings (SSSR count). The van der Waals surface area contributed by atoms with E-state index in [0.717, 1.165) is 10.9 Å². The Morgan fingerprint density at radius 2 is 1.79 bits per heavy atom. The van der Waals surface area contributed by atoms with Crippen molar-refractivity contribution in [1.82, 2.24) is 5.32 Å². The summed E-state index contributed by atoms with van der Waals surface area (Å²) in [6.45, 7) is -0.951. The molecule has 0 spiro atoms. The van der Waals surface area contributed by atoms with Gasteiger partial charge in [-0.1, -0.05) is 48.5 Å². The summed E-state index contributed by atoms with van der Waals surface area (Å²) in [5.74, 6) is 0.497. The van der Waals surface area contributed by atoms with E-state index in [4.69, 9.17) is 4.42 Å². The first-order valence-corrected chi connectivity index (χ1v) is 7.38. The molecule has 0 saturated carbocycles. The topological polar surface area (TPSA) is 51.5 Å². The average molecular weight is 331 g/mol. The van der Waals surface area contributed by atoms with Crippen molar-refractivity contribution in [2.75, 3.05) is 6.61 Å². The molecule has 1 unspecified atom stereocenters. The highest BCUT2D eigenvalue weighted by atomic mass is 19.3. The highest BCUT2D eigenvalue weighted by Gasteiger charge is 2.22. The van der Waals surface area contributed by atoms with Crippen LogP contribution in [-0.2, 0) is 4.74 Å². The number of hydrogen-bond acceptors (Lipinski definition) is 3. The van der Waals surface area contributed by atoms with Crippen molar-refractivity contribution in [2.45, 2.75) is 12.5 Å². The summed E-state index contributed by atoms with van der Waals surface area (Å²) >= 11 is 0. The molecule has 0 aliphatic rings. The molecule has 0 aliphatic heterocycles. The van der Waals surface area contributed by atoms with Gasteiger partial charge in [0.2, 0.25) is 0 Å². The van der Waals surface area contributed by atoms with Gasteiger partial charge in [0.25, 0.3) is 6.43 Å². The average Bonchev–Trinajstić information content (AvgIpc) is 3.02. The number of alkyl carbamates (subject to hydrolysis) is 1. The molecule has 6 heteroatoms. The van der Waals surface area contributed by atoms with Crippen molar-refractivity contribution in [3.8, 4) is 0 Å². The summed E-state index contributed by atoms with van der Waals surface area (Å²) in [6, 6.07) is 17.7. The molecule has 0 bridgehead atoms. The Labute approximate surface area is 137 Å². The van der Waals surface area contributed by atoms with Gasteiger partial charge in [-0.3, -0.25) is 0 Å². The van der Waals surface area contributed by atoms with Crippen LogP contribution in [0.25, 0.3) is 11.0 Å². The minimum Gasteiger partial charge on any atom is -0.459 e. The maximum Gasteiger partial charge on any atom is 0.408 e. The Morgan fingerprint density at radius 3 is 2.50 bits per heavy atom. The molecule has 0 aliphatic carbocycles. The lowest BCUT2D eigenvalue weighted by Crippen LogP contribution is -2.30. The number of para-hydroxylation sites is 1. The van der Waals surface area contributed by atoms with Gasteiger partial charge in [-0.2, -0.15) is 0 Å². The molecule has 124 valence electrons. The lowest BCUT2D eigenvalue weighted by Gasteiger charge is -2.17. The fourth-order valence-electron chi connectivity index (χ4n) is 2.41. The van der Waals surface area contributed by atoms with Crippen LogP contribution in [0.1, 0.15) is 17.4 Å². The molecule has 1 atom stereocenters. The Hall–Kier alpha value is -2.89. The van der Waals surface area contributed by atoms with E-state index in [9.17, 15) is 13.6 Å². The molecule has 4 nitrogen and oxygen atoms in total. The monoisotopic (exact) mass is 331 g/mol. The number of alkyl halides is 2. The predicted molar refractivity (Wildman–Crippen MR) is 85.0 cm³/mol. The van der Waals surface area contributed by atoms with Gasteiger partial charge in [-0.25, -0.2) is 13.6 Å². The van der Waals surface area contributed by atoms with Crippen LogP contribution in [0.3, 0.4) is 0 Å². The van der Waals surface area contributed by atoms with Crippen LogP contribution in [0.15, 0.2) is 65.1 Å². The molecule has 24 heavy (non-hydrogen) atoms. The number of fused-ring (bicyclic) bond motifs is 1. The van der Waals surface area contributed by atoms with Crippen LogP contribution >= 0.6 is 0 Å². The van der Waals surface area contributed by atoms with Crippen LogP contribution < -0.4 is 5.32 Å². The van der Waals surface area contributed by atoms with Crippen LogP contribution in [-0.4, -0.2) is 19.1 Å². The predicted octanol–water partition coefficient (Wildman–Crippen LogP) is 4.51. The first-order valence-electron chi connectivity index (χ1n) is 7.38.